The van der Waals surface area contributed by atoms with Gasteiger partial charge in [0.25, 0.3) is 5.69 Å². The summed E-state index contributed by atoms with van der Waals surface area (Å²) >= 11 is 4.42. The summed E-state index contributed by atoms with van der Waals surface area (Å²) in [5.41, 5.74) is -0.358. The number of rotatable bonds is 9. The quantitative estimate of drug-likeness (QED) is 0.411. The standard InChI is InChI=1S/C15H22FNO3S/c1-3-7-15(11-21,8-4-2)10-20-14-6-5-12(17(18)19)9-13(14)16/h5-6,9,21H,3-4,7-8,10-11H2,1-2H3. The molecule has 21 heavy (non-hydrogen) atoms. The number of nitro benzene ring substituents is 1. The minimum atomic E-state index is -0.703. The van der Waals surface area contributed by atoms with E-state index in [1.807, 2.05) is 0 Å². The Kier molecular flexibility index (Phi) is 6.95. The lowest BCUT2D eigenvalue weighted by molar-refractivity contribution is -0.385. The molecule has 1 aromatic carbocycles. The fraction of sp³-hybridized carbons (Fsp3) is 0.600. The summed E-state index contributed by atoms with van der Waals surface area (Å²) in [5.74, 6) is 0.0211. The number of nitrogens with zero attached hydrogens (tertiary/aromatic N) is 1. The van der Waals surface area contributed by atoms with Gasteiger partial charge in [0.05, 0.1) is 17.6 Å². The van der Waals surface area contributed by atoms with Gasteiger partial charge in [-0.2, -0.15) is 12.6 Å². The van der Waals surface area contributed by atoms with Crippen molar-refractivity contribution in [3.63, 3.8) is 0 Å². The summed E-state index contributed by atoms with van der Waals surface area (Å²) in [6.45, 7) is 4.56. The molecule has 0 bridgehead atoms. The smallest absolute Gasteiger partial charge is 0.272 e. The van der Waals surface area contributed by atoms with E-state index in [1.54, 1.807) is 0 Å². The highest BCUT2D eigenvalue weighted by molar-refractivity contribution is 7.80. The molecule has 118 valence electrons. The highest BCUT2D eigenvalue weighted by Crippen LogP contribution is 2.33. The second-order valence-electron chi connectivity index (χ2n) is 5.32. The molecule has 0 aromatic heterocycles. The van der Waals surface area contributed by atoms with Crippen molar-refractivity contribution < 1.29 is 14.1 Å². The highest BCUT2D eigenvalue weighted by atomic mass is 32.1. The first-order valence-electron chi connectivity index (χ1n) is 7.15. The van der Waals surface area contributed by atoms with E-state index in [0.717, 1.165) is 31.7 Å². The lowest BCUT2D eigenvalue weighted by atomic mass is 9.82. The Morgan fingerprint density at radius 2 is 1.95 bits per heavy atom. The molecule has 4 nitrogen and oxygen atoms in total. The molecule has 0 amide bonds. The molecule has 0 fully saturated rings. The van der Waals surface area contributed by atoms with Crippen molar-refractivity contribution in [2.45, 2.75) is 39.5 Å². The number of thiol groups is 1. The minimum absolute atomic E-state index is 0.0546. The molecular weight excluding hydrogens is 293 g/mol. The van der Waals surface area contributed by atoms with Gasteiger partial charge in [-0.25, -0.2) is 4.39 Å². The maximum Gasteiger partial charge on any atom is 0.272 e. The topological polar surface area (TPSA) is 52.4 Å². The molecule has 1 aromatic rings. The number of hydrogen-bond donors (Lipinski definition) is 1. The number of ether oxygens (including phenoxy) is 1. The van der Waals surface area contributed by atoms with Gasteiger partial charge >= 0.3 is 0 Å². The van der Waals surface area contributed by atoms with Gasteiger partial charge in [0.2, 0.25) is 0 Å². The molecule has 0 aliphatic rings. The maximum atomic E-state index is 13.8. The third kappa shape index (κ3) is 4.88. The average molecular weight is 315 g/mol. The minimum Gasteiger partial charge on any atom is -0.490 e. The summed E-state index contributed by atoms with van der Waals surface area (Å²) in [7, 11) is 0. The molecule has 0 aliphatic carbocycles. The number of benzene rings is 1. The van der Waals surface area contributed by atoms with E-state index in [4.69, 9.17) is 4.74 Å². The van der Waals surface area contributed by atoms with Crippen molar-refractivity contribution in [1.82, 2.24) is 0 Å². The first-order valence-corrected chi connectivity index (χ1v) is 7.79. The van der Waals surface area contributed by atoms with E-state index in [2.05, 4.69) is 26.5 Å². The van der Waals surface area contributed by atoms with Crippen molar-refractivity contribution >= 4 is 18.3 Å². The zero-order valence-corrected chi connectivity index (χ0v) is 13.4. The monoisotopic (exact) mass is 315 g/mol. The molecule has 6 heteroatoms. The third-order valence-electron chi connectivity index (χ3n) is 3.56. The number of non-ortho nitro benzene ring substituents is 1. The molecule has 0 spiro atoms. The van der Waals surface area contributed by atoms with E-state index < -0.39 is 10.7 Å². The summed E-state index contributed by atoms with van der Waals surface area (Å²) in [6.07, 6.45) is 3.93. The third-order valence-corrected chi connectivity index (χ3v) is 4.23. The van der Waals surface area contributed by atoms with Gasteiger partial charge in [0.1, 0.15) is 0 Å². The van der Waals surface area contributed by atoms with Crippen LogP contribution in [0.15, 0.2) is 18.2 Å². The molecule has 0 heterocycles. The molecule has 0 saturated heterocycles. The van der Waals surface area contributed by atoms with E-state index in [9.17, 15) is 14.5 Å². The number of halogens is 1. The molecular formula is C15H22FNO3S. The lowest BCUT2D eigenvalue weighted by Gasteiger charge is -2.31. The lowest BCUT2D eigenvalue weighted by Crippen LogP contribution is -2.30. The number of nitro groups is 1. The van der Waals surface area contributed by atoms with Gasteiger partial charge in [-0.15, -0.1) is 0 Å². The molecule has 0 aliphatic heterocycles. The Morgan fingerprint density at radius 1 is 1.33 bits per heavy atom. The van der Waals surface area contributed by atoms with E-state index in [-0.39, 0.29) is 16.9 Å². The van der Waals surface area contributed by atoms with Crippen LogP contribution in [0.25, 0.3) is 0 Å². The first kappa shape index (κ1) is 17.8. The van der Waals surface area contributed by atoms with Crippen molar-refractivity contribution in [1.29, 1.82) is 0 Å². The molecule has 0 radical (unpaired) electrons. The van der Waals surface area contributed by atoms with Crippen molar-refractivity contribution in [3.8, 4) is 5.75 Å². The summed E-state index contributed by atoms with van der Waals surface area (Å²) in [6, 6.07) is 3.45. The molecule has 1 rings (SSSR count). The molecule has 0 unspecified atom stereocenters. The van der Waals surface area contributed by atoms with Crippen LogP contribution < -0.4 is 4.74 Å². The largest absolute Gasteiger partial charge is 0.490 e. The van der Waals surface area contributed by atoms with Crippen LogP contribution in [0.3, 0.4) is 0 Å². The SMILES string of the molecule is CCCC(CS)(CCC)COc1ccc([N+](=O)[O-])cc1F. The second-order valence-corrected chi connectivity index (χ2v) is 5.63. The van der Waals surface area contributed by atoms with Crippen LogP contribution in [0.2, 0.25) is 0 Å². The normalized spacial score (nSPS) is 11.4. The van der Waals surface area contributed by atoms with Gasteiger partial charge in [-0.05, 0) is 24.7 Å². The summed E-state index contributed by atoms with van der Waals surface area (Å²) < 4.78 is 19.4. The highest BCUT2D eigenvalue weighted by Gasteiger charge is 2.28. The van der Waals surface area contributed by atoms with E-state index in [1.165, 1.54) is 12.1 Å². The Hall–Kier alpha value is -1.30. The average Bonchev–Trinajstić information content (AvgIpc) is 2.46. The maximum absolute atomic E-state index is 13.8. The van der Waals surface area contributed by atoms with Crippen LogP contribution in [0.1, 0.15) is 39.5 Å². The van der Waals surface area contributed by atoms with Crippen LogP contribution in [0, 0.1) is 21.3 Å². The Balaban J connectivity index is 2.82. The fourth-order valence-electron chi connectivity index (χ4n) is 2.48. The van der Waals surface area contributed by atoms with Crippen LogP contribution in [-0.2, 0) is 0 Å². The predicted octanol–water partition coefficient (Wildman–Crippen LogP) is 4.63. The Bertz CT molecular complexity index is 476. The van der Waals surface area contributed by atoms with Gasteiger partial charge in [0, 0.05) is 11.5 Å². The summed E-state index contributed by atoms with van der Waals surface area (Å²) in [4.78, 5) is 9.96. The first-order chi connectivity index (χ1) is 9.98. The second kappa shape index (κ2) is 8.22. The van der Waals surface area contributed by atoms with Crippen LogP contribution in [-0.4, -0.2) is 17.3 Å². The summed E-state index contributed by atoms with van der Waals surface area (Å²) in [5, 5.41) is 10.6. The Labute approximate surface area is 130 Å². The predicted molar refractivity (Wildman–Crippen MR) is 84.7 cm³/mol. The van der Waals surface area contributed by atoms with Gasteiger partial charge in [-0.1, -0.05) is 26.7 Å². The van der Waals surface area contributed by atoms with Crippen molar-refractivity contribution in [2.75, 3.05) is 12.4 Å². The number of hydrogen-bond acceptors (Lipinski definition) is 4. The van der Waals surface area contributed by atoms with Crippen LogP contribution in [0.5, 0.6) is 5.75 Å². The van der Waals surface area contributed by atoms with E-state index in [0.29, 0.717) is 12.4 Å². The van der Waals surface area contributed by atoms with Gasteiger partial charge in [-0.3, -0.25) is 10.1 Å². The molecule has 0 N–H and O–H groups in total. The van der Waals surface area contributed by atoms with Crippen molar-refractivity contribution in [2.24, 2.45) is 5.41 Å². The van der Waals surface area contributed by atoms with Crippen molar-refractivity contribution in [3.05, 3.63) is 34.1 Å². The van der Waals surface area contributed by atoms with Gasteiger partial charge in [0.15, 0.2) is 11.6 Å². The fourth-order valence-corrected chi connectivity index (χ4v) is 2.89. The van der Waals surface area contributed by atoms with Crippen LogP contribution in [0.4, 0.5) is 10.1 Å². The van der Waals surface area contributed by atoms with Crippen LogP contribution >= 0.6 is 12.6 Å². The molecule has 0 saturated carbocycles. The van der Waals surface area contributed by atoms with E-state index >= 15 is 0 Å². The Morgan fingerprint density at radius 3 is 2.38 bits per heavy atom. The molecule has 0 atom stereocenters. The zero-order valence-electron chi connectivity index (χ0n) is 12.5. The van der Waals surface area contributed by atoms with Gasteiger partial charge < -0.3 is 4.74 Å². The zero-order chi connectivity index (χ0) is 15.9.